The van der Waals surface area contributed by atoms with Crippen LogP contribution < -0.4 is 5.76 Å². The van der Waals surface area contributed by atoms with Gasteiger partial charge in [0.05, 0.1) is 5.02 Å². The van der Waals surface area contributed by atoms with Crippen LogP contribution in [0.5, 0.6) is 0 Å². The van der Waals surface area contributed by atoms with Crippen molar-refractivity contribution in [3.8, 4) is 0 Å². The van der Waals surface area contributed by atoms with Crippen LogP contribution in [-0.2, 0) is 6.42 Å². The van der Waals surface area contributed by atoms with Gasteiger partial charge < -0.3 is 0 Å². The number of aromatic nitrogens is 2. The van der Waals surface area contributed by atoms with Gasteiger partial charge in [-0.15, -0.1) is 0 Å². The van der Waals surface area contributed by atoms with E-state index < -0.39 is 5.76 Å². The van der Waals surface area contributed by atoms with Gasteiger partial charge in [0, 0.05) is 10.9 Å². The molecule has 0 aliphatic rings. The Morgan fingerprint density at radius 3 is 2.93 bits per heavy atom. The van der Waals surface area contributed by atoms with E-state index in [1.807, 2.05) is 12.1 Å². The Hall–Kier alpha value is -1.07. The predicted molar refractivity (Wildman–Crippen MR) is 59.1 cm³/mol. The molecule has 0 saturated heterocycles. The van der Waals surface area contributed by atoms with Crippen LogP contribution in [0.25, 0.3) is 0 Å². The Morgan fingerprint density at radius 1 is 1.53 bits per heavy atom. The lowest BCUT2D eigenvalue weighted by Crippen LogP contribution is -1.97. The molecule has 2 rings (SSSR count). The third-order valence-corrected chi connectivity index (χ3v) is 3.05. The first-order chi connectivity index (χ1) is 7.15. The van der Waals surface area contributed by atoms with E-state index in [1.165, 1.54) is 0 Å². The van der Waals surface area contributed by atoms with E-state index in [9.17, 15) is 4.79 Å². The molecular formula is C9H6BrClN2O2. The lowest BCUT2D eigenvalue weighted by atomic mass is 10.1. The minimum atomic E-state index is -0.543. The van der Waals surface area contributed by atoms with Gasteiger partial charge in [0.25, 0.3) is 0 Å². The number of hydrogen-bond acceptors (Lipinski definition) is 3. The maximum Gasteiger partial charge on any atom is 0.438 e. The fraction of sp³-hybridized carbons (Fsp3) is 0.111. The molecule has 0 aliphatic carbocycles. The fourth-order valence-electron chi connectivity index (χ4n) is 1.18. The Bertz CT molecular complexity index is 535. The van der Waals surface area contributed by atoms with Gasteiger partial charge in [0.2, 0.25) is 0 Å². The molecule has 0 aliphatic heterocycles. The summed E-state index contributed by atoms with van der Waals surface area (Å²) < 4.78 is 5.20. The Balaban J connectivity index is 2.24. The van der Waals surface area contributed by atoms with E-state index in [-0.39, 0.29) is 0 Å². The fourth-order valence-corrected chi connectivity index (χ4v) is 1.72. The van der Waals surface area contributed by atoms with Crippen molar-refractivity contribution < 1.29 is 4.52 Å². The summed E-state index contributed by atoms with van der Waals surface area (Å²) in [6, 6.07) is 5.51. The van der Waals surface area contributed by atoms with Crippen molar-refractivity contribution in [1.29, 1.82) is 0 Å². The van der Waals surface area contributed by atoms with Crippen molar-refractivity contribution in [3.63, 3.8) is 0 Å². The van der Waals surface area contributed by atoms with E-state index in [4.69, 9.17) is 11.6 Å². The van der Waals surface area contributed by atoms with Crippen molar-refractivity contribution in [3.05, 3.63) is 49.6 Å². The Kier molecular flexibility index (Phi) is 2.93. The van der Waals surface area contributed by atoms with Gasteiger partial charge in [-0.25, -0.2) is 4.79 Å². The van der Waals surface area contributed by atoms with Crippen LogP contribution in [-0.4, -0.2) is 10.1 Å². The first-order valence-electron chi connectivity index (χ1n) is 4.14. The summed E-state index contributed by atoms with van der Waals surface area (Å²) in [6.07, 6.45) is 0.501. The summed E-state index contributed by atoms with van der Waals surface area (Å²) in [7, 11) is 0. The van der Waals surface area contributed by atoms with Gasteiger partial charge in [-0.2, -0.15) is 0 Å². The van der Waals surface area contributed by atoms with Gasteiger partial charge in [-0.05, 0) is 33.6 Å². The normalized spacial score (nSPS) is 10.5. The third kappa shape index (κ3) is 2.49. The molecule has 6 heteroatoms. The smallest absolute Gasteiger partial charge is 0.296 e. The molecule has 0 radical (unpaired) electrons. The van der Waals surface area contributed by atoms with Crippen molar-refractivity contribution >= 4 is 27.5 Å². The van der Waals surface area contributed by atoms with Crippen LogP contribution in [0.2, 0.25) is 5.02 Å². The van der Waals surface area contributed by atoms with Crippen LogP contribution in [0, 0.1) is 0 Å². The molecular weight excluding hydrogens is 283 g/mol. The first kappa shape index (κ1) is 10.4. The molecule has 1 aromatic carbocycles. The van der Waals surface area contributed by atoms with Crippen LogP contribution >= 0.6 is 27.5 Å². The monoisotopic (exact) mass is 288 g/mol. The SMILES string of the molecule is O=c1[nH]c(Cc2ccc(Cl)c(Br)c2)no1. The highest BCUT2D eigenvalue weighted by Crippen LogP contribution is 2.23. The summed E-state index contributed by atoms with van der Waals surface area (Å²) in [4.78, 5) is 13.2. The zero-order chi connectivity index (χ0) is 10.8. The second-order valence-electron chi connectivity index (χ2n) is 2.97. The van der Waals surface area contributed by atoms with Gasteiger partial charge in [0.1, 0.15) is 0 Å². The van der Waals surface area contributed by atoms with Crippen molar-refractivity contribution in [2.75, 3.05) is 0 Å². The summed E-state index contributed by atoms with van der Waals surface area (Å²) in [6.45, 7) is 0. The third-order valence-electron chi connectivity index (χ3n) is 1.84. The Morgan fingerprint density at radius 2 is 2.33 bits per heavy atom. The molecule has 0 saturated carbocycles. The largest absolute Gasteiger partial charge is 0.438 e. The number of H-pyrrole nitrogens is 1. The molecule has 1 heterocycles. The van der Waals surface area contributed by atoms with Crippen molar-refractivity contribution in [2.24, 2.45) is 0 Å². The molecule has 4 nitrogen and oxygen atoms in total. The average molecular weight is 290 g/mol. The predicted octanol–water partition coefficient (Wildman–Crippen LogP) is 2.37. The van der Waals surface area contributed by atoms with E-state index >= 15 is 0 Å². The Labute approximate surface area is 98.4 Å². The number of hydrogen-bond donors (Lipinski definition) is 1. The van der Waals surface area contributed by atoms with Crippen LogP contribution in [0.1, 0.15) is 11.4 Å². The molecule has 1 aromatic heterocycles. The minimum Gasteiger partial charge on any atom is -0.296 e. The van der Waals surface area contributed by atoms with Gasteiger partial charge in [0.15, 0.2) is 5.82 Å². The highest BCUT2D eigenvalue weighted by Gasteiger charge is 2.04. The summed E-state index contributed by atoms with van der Waals surface area (Å²) >= 11 is 9.17. The number of rotatable bonds is 2. The van der Waals surface area contributed by atoms with E-state index in [0.29, 0.717) is 17.3 Å². The molecule has 1 N–H and O–H groups in total. The van der Waals surface area contributed by atoms with Crippen LogP contribution in [0.15, 0.2) is 32.0 Å². The standard InChI is InChI=1S/C9H6BrClN2O2/c10-6-3-5(1-2-7(6)11)4-8-12-9(14)15-13-8/h1-3H,4H2,(H,12,13,14). The highest BCUT2D eigenvalue weighted by atomic mass is 79.9. The molecule has 78 valence electrons. The molecule has 0 atom stereocenters. The number of halogens is 2. The average Bonchev–Trinajstić information content (AvgIpc) is 2.58. The summed E-state index contributed by atoms with van der Waals surface area (Å²) in [5, 5.41) is 4.22. The van der Waals surface area contributed by atoms with Gasteiger partial charge >= 0.3 is 5.76 Å². The van der Waals surface area contributed by atoms with Crippen LogP contribution in [0.4, 0.5) is 0 Å². The highest BCUT2D eigenvalue weighted by molar-refractivity contribution is 9.10. The quantitative estimate of drug-likeness (QED) is 0.923. The van der Waals surface area contributed by atoms with Crippen molar-refractivity contribution in [1.82, 2.24) is 10.1 Å². The zero-order valence-corrected chi connectivity index (χ0v) is 9.80. The zero-order valence-electron chi connectivity index (χ0n) is 7.46. The molecule has 0 amide bonds. The number of nitrogens with one attached hydrogen (secondary N) is 1. The summed E-state index contributed by atoms with van der Waals surface area (Å²) in [5.74, 6) is -0.0488. The molecule has 0 unspecified atom stereocenters. The number of aromatic amines is 1. The molecule has 0 spiro atoms. The lowest BCUT2D eigenvalue weighted by molar-refractivity contribution is 0.382. The van der Waals surface area contributed by atoms with E-state index in [0.717, 1.165) is 10.0 Å². The lowest BCUT2D eigenvalue weighted by Gasteiger charge is -1.99. The summed E-state index contributed by atoms with van der Waals surface area (Å²) in [5.41, 5.74) is 0.982. The number of benzene rings is 1. The second-order valence-corrected chi connectivity index (χ2v) is 4.23. The van der Waals surface area contributed by atoms with Gasteiger partial charge in [-0.1, -0.05) is 22.8 Å². The van der Waals surface area contributed by atoms with E-state index in [1.54, 1.807) is 6.07 Å². The maximum absolute atomic E-state index is 10.7. The molecule has 2 aromatic rings. The topological polar surface area (TPSA) is 58.9 Å². The second kappa shape index (κ2) is 4.20. The molecule has 0 fully saturated rings. The van der Waals surface area contributed by atoms with Crippen molar-refractivity contribution in [2.45, 2.75) is 6.42 Å². The minimum absolute atomic E-state index is 0.495. The maximum atomic E-state index is 10.7. The first-order valence-corrected chi connectivity index (χ1v) is 5.31. The molecule has 0 bridgehead atoms. The molecule has 15 heavy (non-hydrogen) atoms. The van der Waals surface area contributed by atoms with Gasteiger partial charge in [-0.3, -0.25) is 9.51 Å². The van der Waals surface area contributed by atoms with Crippen LogP contribution in [0.3, 0.4) is 0 Å². The number of nitrogens with zero attached hydrogens (tertiary/aromatic N) is 1. The van der Waals surface area contributed by atoms with E-state index in [2.05, 4.69) is 30.6 Å².